The summed E-state index contributed by atoms with van der Waals surface area (Å²) in [5.41, 5.74) is -0.0412. The second-order valence-corrected chi connectivity index (χ2v) is 4.87. The molecule has 0 spiro atoms. The fourth-order valence-corrected chi connectivity index (χ4v) is 0.901. The number of hydrogen-bond acceptors (Lipinski definition) is 3. The van der Waals surface area contributed by atoms with Crippen molar-refractivity contribution in [2.24, 2.45) is 0 Å². The van der Waals surface area contributed by atoms with Gasteiger partial charge in [-0.2, -0.15) is 0 Å². The van der Waals surface area contributed by atoms with E-state index in [1.165, 1.54) is 0 Å². The third kappa shape index (κ3) is 6.47. The smallest absolute Gasteiger partial charge is 0.220 e. The first-order valence-corrected chi connectivity index (χ1v) is 5.38. The highest BCUT2D eigenvalue weighted by molar-refractivity contribution is 5.75. The molecular formula is C11H24N2O2. The van der Waals surface area contributed by atoms with E-state index in [1.54, 1.807) is 6.92 Å². The van der Waals surface area contributed by atoms with E-state index < -0.39 is 6.10 Å². The van der Waals surface area contributed by atoms with Crippen LogP contribution in [0.4, 0.5) is 0 Å². The molecule has 0 aliphatic heterocycles. The first kappa shape index (κ1) is 14.4. The highest BCUT2D eigenvalue weighted by Crippen LogP contribution is 2.07. The van der Waals surface area contributed by atoms with E-state index in [-0.39, 0.29) is 11.4 Å². The molecule has 2 N–H and O–H groups in total. The van der Waals surface area contributed by atoms with Gasteiger partial charge in [0.15, 0.2) is 0 Å². The van der Waals surface area contributed by atoms with Gasteiger partial charge in [-0.1, -0.05) is 0 Å². The van der Waals surface area contributed by atoms with E-state index in [0.29, 0.717) is 19.4 Å². The maximum Gasteiger partial charge on any atom is 0.220 e. The summed E-state index contributed by atoms with van der Waals surface area (Å²) in [6.45, 7) is 6.46. The van der Waals surface area contributed by atoms with Crippen LogP contribution in [0, 0.1) is 0 Å². The van der Waals surface area contributed by atoms with Gasteiger partial charge < -0.3 is 15.3 Å². The average molecular weight is 216 g/mol. The molecule has 15 heavy (non-hydrogen) atoms. The topological polar surface area (TPSA) is 52.6 Å². The van der Waals surface area contributed by atoms with Crippen molar-refractivity contribution in [3.05, 3.63) is 0 Å². The van der Waals surface area contributed by atoms with Gasteiger partial charge in [0.05, 0.1) is 6.10 Å². The lowest BCUT2D eigenvalue weighted by Gasteiger charge is -2.32. The Morgan fingerprint density at radius 3 is 2.40 bits per heavy atom. The zero-order valence-electron chi connectivity index (χ0n) is 10.5. The fourth-order valence-electron chi connectivity index (χ4n) is 0.901. The molecule has 90 valence electrons. The number of amides is 1. The molecule has 1 atom stereocenters. The number of likely N-dealkylation sites (N-methyl/N-ethyl adjacent to an activating group) is 1. The molecular weight excluding hydrogens is 192 g/mol. The maximum atomic E-state index is 11.4. The van der Waals surface area contributed by atoms with Crippen molar-refractivity contribution in [2.45, 2.75) is 45.3 Å². The molecule has 0 aliphatic carbocycles. The molecule has 0 saturated heterocycles. The Kier molecular flexibility index (Phi) is 5.83. The maximum absolute atomic E-state index is 11.4. The van der Waals surface area contributed by atoms with Crippen molar-refractivity contribution in [2.75, 3.05) is 20.6 Å². The number of rotatable bonds is 6. The van der Waals surface area contributed by atoms with Crippen molar-refractivity contribution in [1.29, 1.82) is 0 Å². The van der Waals surface area contributed by atoms with Crippen LogP contribution in [0.1, 0.15) is 33.6 Å². The number of carbonyl (C=O) groups excluding carboxylic acids is 1. The average Bonchev–Trinajstić information content (AvgIpc) is 2.11. The molecule has 0 aromatic heterocycles. The predicted molar refractivity (Wildman–Crippen MR) is 61.7 cm³/mol. The summed E-state index contributed by atoms with van der Waals surface area (Å²) in [4.78, 5) is 13.4. The quantitative estimate of drug-likeness (QED) is 0.684. The largest absolute Gasteiger partial charge is 0.393 e. The van der Waals surface area contributed by atoms with Gasteiger partial charge in [0.25, 0.3) is 0 Å². The highest BCUT2D eigenvalue weighted by Gasteiger charge is 2.20. The first-order valence-electron chi connectivity index (χ1n) is 5.38. The first-order chi connectivity index (χ1) is 6.75. The number of hydrogen-bond donors (Lipinski definition) is 2. The normalized spacial score (nSPS) is 14.1. The monoisotopic (exact) mass is 216 g/mol. The van der Waals surface area contributed by atoms with Crippen LogP contribution < -0.4 is 5.32 Å². The highest BCUT2D eigenvalue weighted by atomic mass is 16.3. The molecule has 1 unspecified atom stereocenters. The van der Waals surface area contributed by atoms with Gasteiger partial charge in [-0.25, -0.2) is 0 Å². The summed E-state index contributed by atoms with van der Waals surface area (Å²) in [6, 6.07) is 0. The molecule has 0 aromatic carbocycles. The molecule has 0 rings (SSSR count). The molecule has 0 aliphatic rings. The van der Waals surface area contributed by atoms with Crippen LogP contribution in [0.15, 0.2) is 0 Å². The lowest BCUT2D eigenvalue weighted by Crippen LogP contribution is -2.48. The molecule has 4 nitrogen and oxygen atoms in total. The molecule has 0 aromatic rings. The van der Waals surface area contributed by atoms with E-state index >= 15 is 0 Å². The second-order valence-electron chi connectivity index (χ2n) is 4.87. The van der Waals surface area contributed by atoms with Gasteiger partial charge in [0, 0.05) is 18.5 Å². The SMILES string of the molecule is CC(O)CCC(=O)NCC(C)(C)N(C)C. The fraction of sp³-hybridized carbons (Fsp3) is 0.909. The summed E-state index contributed by atoms with van der Waals surface area (Å²) in [5, 5.41) is 11.9. The summed E-state index contributed by atoms with van der Waals surface area (Å²) >= 11 is 0. The minimum Gasteiger partial charge on any atom is -0.393 e. The Morgan fingerprint density at radius 2 is 2.00 bits per heavy atom. The van der Waals surface area contributed by atoms with Crippen molar-refractivity contribution in [3.8, 4) is 0 Å². The number of aliphatic hydroxyl groups is 1. The van der Waals surface area contributed by atoms with Crippen molar-refractivity contribution in [1.82, 2.24) is 10.2 Å². The zero-order chi connectivity index (χ0) is 12.1. The Labute approximate surface area is 92.7 Å². The number of nitrogens with zero attached hydrogens (tertiary/aromatic N) is 1. The minimum absolute atomic E-state index is 0.00539. The summed E-state index contributed by atoms with van der Waals surface area (Å²) in [6.07, 6.45) is 0.507. The predicted octanol–water partition coefficient (Wildman–Crippen LogP) is 0.604. The van der Waals surface area contributed by atoms with Crippen molar-refractivity contribution >= 4 is 5.91 Å². The van der Waals surface area contributed by atoms with Crippen LogP contribution >= 0.6 is 0 Å². The third-order valence-corrected chi connectivity index (χ3v) is 2.72. The molecule has 1 amide bonds. The van der Waals surface area contributed by atoms with Crippen molar-refractivity contribution in [3.63, 3.8) is 0 Å². The van der Waals surface area contributed by atoms with Gasteiger partial charge in [-0.05, 0) is 41.3 Å². The second kappa shape index (κ2) is 6.08. The van der Waals surface area contributed by atoms with Crippen LogP contribution in [0.3, 0.4) is 0 Å². The lowest BCUT2D eigenvalue weighted by molar-refractivity contribution is -0.122. The van der Waals surface area contributed by atoms with Crippen LogP contribution in [-0.2, 0) is 4.79 Å². The molecule has 0 fully saturated rings. The van der Waals surface area contributed by atoms with Crippen LogP contribution in [-0.4, -0.2) is 48.2 Å². The van der Waals surface area contributed by atoms with Gasteiger partial charge in [0.1, 0.15) is 0 Å². The summed E-state index contributed by atoms with van der Waals surface area (Å²) < 4.78 is 0. The van der Waals surface area contributed by atoms with E-state index in [2.05, 4.69) is 24.1 Å². The molecule has 0 saturated carbocycles. The molecule has 4 heteroatoms. The molecule has 0 bridgehead atoms. The van der Waals surface area contributed by atoms with Gasteiger partial charge >= 0.3 is 0 Å². The van der Waals surface area contributed by atoms with Crippen LogP contribution in [0.2, 0.25) is 0 Å². The van der Waals surface area contributed by atoms with Crippen LogP contribution in [0.5, 0.6) is 0 Å². The van der Waals surface area contributed by atoms with E-state index in [9.17, 15) is 4.79 Å². The summed E-state index contributed by atoms with van der Waals surface area (Å²) in [7, 11) is 3.98. The molecule has 0 radical (unpaired) electrons. The molecule has 0 heterocycles. The number of nitrogens with one attached hydrogen (secondary N) is 1. The van der Waals surface area contributed by atoms with E-state index in [4.69, 9.17) is 5.11 Å². The number of aliphatic hydroxyl groups excluding tert-OH is 1. The van der Waals surface area contributed by atoms with Gasteiger partial charge in [0.2, 0.25) is 5.91 Å². The Balaban J connectivity index is 3.80. The van der Waals surface area contributed by atoms with E-state index in [1.807, 2.05) is 14.1 Å². The van der Waals surface area contributed by atoms with Crippen LogP contribution in [0.25, 0.3) is 0 Å². The third-order valence-electron chi connectivity index (χ3n) is 2.72. The minimum atomic E-state index is -0.405. The Hall–Kier alpha value is -0.610. The van der Waals surface area contributed by atoms with Gasteiger partial charge in [-0.15, -0.1) is 0 Å². The lowest BCUT2D eigenvalue weighted by atomic mass is 10.0. The standard InChI is InChI=1S/C11H24N2O2/c1-9(14)6-7-10(15)12-8-11(2,3)13(4)5/h9,14H,6-8H2,1-5H3,(H,12,15). The van der Waals surface area contributed by atoms with Crippen molar-refractivity contribution < 1.29 is 9.90 Å². The number of carbonyl (C=O) groups is 1. The van der Waals surface area contributed by atoms with Gasteiger partial charge in [-0.3, -0.25) is 4.79 Å². The Bertz CT molecular complexity index is 201. The summed E-state index contributed by atoms with van der Waals surface area (Å²) in [5.74, 6) is 0.00539. The zero-order valence-corrected chi connectivity index (χ0v) is 10.5. The Morgan fingerprint density at radius 1 is 1.47 bits per heavy atom. The van der Waals surface area contributed by atoms with E-state index in [0.717, 1.165) is 0 Å².